The average Bonchev–Trinajstić information content (AvgIpc) is 2.78. The van der Waals surface area contributed by atoms with Crippen molar-refractivity contribution in [3.63, 3.8) is 0 Å². The summed E-state index contributed by atoms with van der Waals surface area (Å²) in [5.41, 5.74) is 0.378. The highest BCUT2D eigenvalue weighted by Crippen LogP contribution is 2.36. The van der Waals surface area contributed by atoms with Gasteiger partial charge in [0.25, 0.3) is 5.91 Å². The smallest absolute Gasteiger partial charge is 0.254 e. The van der Waals surface area contributed by atoms with Gasteiger partial charge >= 0.3 is 0 Å². The molecule has 1 amide bonds. The molecular formula is C25H39N3O2S. The SMILES string of the molecule is CCCSc1nc(N2CCCC(C(C)(C)C(C)=O)C2)ccc1C(=O)NC1CCCCC1. The first-order valence-corrected chi connectivity index (χ1v) is 13.0. The van der Waals surface area contributed by atoms with E-state index in [1.54, 1.807) is 18.7 Å². The molecule has 1 saturated carbocycles. The van der Waals surface area contributed by atoms with E-state index in [4.69, 9.17) is 4.98 Å². The van der Waals surface area contributed by atoms with E-state index in [-0.39, 0.29) is 17.1 Å². The third-order valence-electron chi connectivity index (χ3n) is 7.15. The van der Waals surface area contributed by atoms with Gasteiger partial charge in [0.15, 0.2) is 0 Å². The van der Waals surface area contributed by atoms with E-state index in [2.05, 4.69) is 31.0 Å². The molecule has 3 rings (SSSR count). The minimum absolute atomic E-state index is 0.0128. The first-order valence-electron chi connectivity index (χ1n) is 12.0. The molecule has 1 aromatic rings. The molecule has 31 heavy (non-hydrogen) atoms. The Balaban J connectivity index is 1.78. The predicted molar refractivity (Wildman–Crippen MR) is 129 cm³/mol. The van der Waals surface area contributed by atoms with Crippen LogP contribution < -0.4 is 10.2 Å². The number of rotatable bonds is 8. The summed E-state index contributed by atoms with van der Waals surface area (Å²) in [6.07, 6.45) is 9.01. The molecule has 2 heterocycles. The number of Topliss-reactive ketones (excluding diaryl/α,β-unsaturated/α-hetero) is 1. The quantitative estimate of drug-likeness (QED) is 0.537. The molecule has 1 aliphatic carbocycles. The lowest BCUT2D eigenvalue weighted by Crippen LogP contribution is -2.44. The average molecular weight is 446 g/mol. The number of thioether (sulfide) groups is 1. The number of pyridine rings is 1. The monoisotopic (exact) mass is 445 g/mol. The van der Waals surface area contributed by atoms with Crippen LogP contribution in [0.25, 0.3) is 0 Å². The summed E-state index contributed by atoms with van der Waals surface area (Å²) < 4.78 is 0. The van der Waals surface area contributed by atoms with Crippen molar-refractivity contribution in [3.8, 4) is 0 Å². The van der Waals surface area contributed by atoms with Crippen LogP contribution >= 0.6 is 11.8 Å². The Labute approximate surface area is 192 Å². The van der Waals surface area contributed by atoms with Gasteiger partial charge < -0.3 is 10.2 Å². The molecule has 1 saturated heterocycles. The van der Waals surface area contributed by atoms with Crippen molar-refractivity contribution in [2.75, 3.05) is 23.7 Å². The van der Waals surface area contributed by atoms with Crippen molar-refractivity contribution in [1.82, 2.24) is 10.3 Å². The second-order valence-electron chi connectivity index (χ2n) is 9.74. The summed E-state index contributed by atoms with van der Waals surface area (Å²) in [5, 5.41) is 4.08. The number of nitrogens with one attached hydrogen (secondary N) is 1. The summed E-state index contributed by atoms with van der Waals surface area (Å²) in [4.78, 5) is 32.5. The Bertz CT molecular complexity index is 774. The maximum Gasteiger partial charge on any atom is 0.254 e. The van der Waals surface area contributed by atoms with Gasteiger partial charge in [-0.05, 0) is 62.8 Å². The molecule has 1 aliphatic heterocycles. The molecule has 172 valence electrons. The van der Waals surface area contributed by atoms with Crippen molar-refractivity contribution in [3.05, 3.63) is 17.7 Å². The van der Waals surface area contributed by atoms with Crippen LogP contribution in [0.15, 0.2) is 17.2 Å². The molecular weight excluding hydrogens is 406 g/mol. The maximum atomic E-state index is 13.0. The predicted octanol–water partition coefficient (Wildman–Crippen LogP) is 5.48. The Hall–Kier alpha value is -1.56. The van der Waals surface area contributed by atoms with E-state index in [0.29, 0.717) is 17.5 Å². The highest BCUT2D eigenvalue weighted by molar-refractivity contribution is 7.99. The summed E-state index contributed by atoms with van der Waals surface area (Å²) in [6, 6.07) is 4.24. The first kappa shape index (κ1) is 24.1. The van der Waals surface area contributed by atoms with E-state index >= 15 is 0 Å². The van der Waals surface area contributed by atoms with Gasteiger partial charge in [-0.1, -0.05) is 40.0 Å². The van der Waals surface area contributed by atoms with Crippen molar-refractivity contribution in [2.45, 2.75) is 90.1 Å². The van der Waals surface area contributed by atoms with Crippen LogP contribution in [0.1, 0.15) is 89.4 Å². The normalized spacial score (nSPS) is 20.5. The minimum atomic E-state index is -0.321. The molecule has 0 bridgehead atoms. The number of piperidine rings is 1. The van der Waals surface area contributed by atoms with Crippen molar-refractivity contribution in [2.24, 2.45) is 11.3 Å². The van der Waals surface area contributed by atoms with Crippen LogP contribution in [0.5, 0.6) is 0 Å². The van der Waals surface area contributed by atoms with Gasteiger partial charge in [0, 0.05) is 24.5 Å². The lowest BCUT2D eigenvalue weighted by atomic mass is 9.72. The number of nitrogens with zero attached hydrogens (tertiary/aromatic N) is 2. The molecule has 1 N–H and O–H groups in total. The molecule has 1 aromatic heterocycles. The van der Waals surface area contributed by atoms with E-state index in [0.717, 1.165) is 61.8 Å². The lowest BCUT2D eigenvalue weighted by molar-refractivity contribution is -0.127. The number of carbonyl (C=O) groups is 2. The van der Waals surface area contributed by atoms with Gasteiger partial charge in [-0.15, -0.1) is 11.8 Å². The molecule has 1 atom stereocenters. The van der Waals surface area contributed by atoms with Gasteiger partial charge in [-0.25, -0.2) is 4.98 Å². The van der Waals surface area contributed by atoms with Gasteiger partial charge in [-0.3, -0.25) is 9.59 Å². The Morgan fingerprint density at radius 3 is 2.58 bits per heavy atom. The zero-order valence-electron chi connectivity index (χ0n) is 19.7. The number of anilines is 1. The van der Waals surface area contributed by atoms with E-state index < -0.39 is 0 Å². The van der Waals surface area contributed by atoms with Crippen LogP contribution in [0.3, 0.4) is 0 Å². The fraction of sp³-hybridized carbons (Fsp3) is 0.720. The maximum absolute atomic E-state index is 13.0. The second-order valence-corrected chi connectivity index (χ2v) is 10.8. The summed E-state index contributed by atoms with van der Waals surface area (Å²) in [6.45, 7) is 9.78. The number of aromatic nitrogens is 1. The van der Waals surface area contributed by atoms with Gasteiger partial charge in [0.05, 0.1) is 5.56 Å². The molecule has 0 spiro atoms. The Morgan fingerprint density at radius 2 is 1.90 bits per heavy atom. The Morgan fingerprint density at radius 1 is 1.16 bits per heavy atom. The number of hydrogen-bond acceptors (Lipinski definition) is 5. The molecule has 2 aliphatic rings. The van der Waals surface area contributed by atoms with Crippen LogP contribution in [0, 0.1) is 11.3 Å². The van der Waals surface area contributed by atoms with Crippen LogP contribution in [-0.2, 0) is 4.79 Å². The number of ketones is 1. The number of carbonyl (C=O) groups excluding carboxylic acids is 2. The third kappa shape index (κ3) is 6.03. The lowest BCUT2D eigenvalue weighted by Gasteiger charge is -2.40. The molecule has 0 radical (unpaired) electrons. The zero-order chi connectivity index (χ0) is 22.4. The van der Waals surface area contributed by atoms with E-state index in [1.807, 2.05) is 12.1 Å². The molecule has 0 aromatic carbocycles. The number of hydrogen-bond donors (Lipinski definition) is 1. The zero-order valence-corrected chi connectivity index (χ0v) is 20.5. The van der Waals surface area contributed by atoms with Crippen LogP contribution in [0.2, 0.25) is 0 Å². The summed E-state index contributed by atoms with van der Waals surface area (Å²) in [7, 11) is 0. The molecule has 5 nitrogen and oxygen atoms in total. The Kier molecular flexibility index (Phi) is 8.43. The largest absolute Gasteiger partial charge is 0.356 e. The summed E-state index contributed by atoms with van der Waals surface area (Å²) in [5.74, 6) is 2.46. The van der Waals surface area contributed by atoms with E-state index in [1.165, 1.54) is 19.3 Å². The fourth-order valence-corrected chi connectivity index (χ4v) is 5.53. The molecule has 2 fully saturated rings. The first-order chi connectivity index (χ1) is 14.8. The summed E-state index contributed by atoms with van der Waals surface area (Å²) >= 11 is 1.67. The second kappa shape index (κ2) is 10.8. The topological polar surface area (TPSA) is 62.3 Å². The standard InChI is InChI=1S/C25H39N3O2S/c1-5-16-31-24-21(23(30)26-20-11-7-6-8-12-20)13-14-22(27-24)28-15-9-10-19(17-28)25(3,4)18(2)29/h13-14,19-20H,5-12,15-17H2,1-4H3,(H,26,30). The third-order valence-corrected chi connectivity index (χ3v) is 8.34. The van der Waals surface area contributed by atoms with Gasteiger partial charge in [0.2, 0.25) is 0 Å². The molecule has 1 unspecified atom stereocenters. The fourth-order valence-electron chi connectivity index (χ4n) is 4.66. The molecule has 6 heteroatoms. The van der Waals surface area contributed by atoms with Crippen molar-refractivity contribution < 1.29 is 9.59 Å². The van der Waals surface area contributed by atoms with Crippen molar-refractivity contribution >= 4 is 29.3 Å². The van der Waals surface area contributed by atoms with Gasteiger partial charge in [-0.2, -0.15) is 0 Å². The van der Waals surface area contributed by atoms with Crippen molar-refractivity contribution in [1.29, 1.82) is 0 Å². The van der Waals surface area contributed by atoms with Gasteiger partial charge in [0.1, 0.15) is 16.6 Å². The highest BCUT2D eigenvalue weighted by Gasteiger charge is 2.37. The van der Waals surface area contributed by atoms with E-state index in [9.17, 15) is 9.59 Å². The van der Waals surface area contributed by atoms with Crippen LogP contribution in [-0.4, -0.2) is 41.6 Å². The van der Waals surface area contributed by atoms with Crippen LogP contribution in [0.4, 0.5) is 5.82 Å². The number of amides is 1. The minimum Gasteiger partial charge on any atom is -0.356 e. The highest BCUT2D eigenvalue weighted by atomic mass is 32.2.